The molecule has 0 fully saturated rings. The van der Waals surface area contributed by atoms with Gasteiger partial charge in [-0.05, 0) is 42.4 Å². The molecule has 1 heterocycles. The SMILES string of the molecule is CCCCCCN1CCc2c(CC)cc(CC)c(NC(=O)C(C)(C)C)c21. The highest BCUT2D eigenvalue weighted by molar-refractivity contribution is 5.99. The molecule has 1 aromatic rings. The minimum atomic E-state index is -0.383. The van der Waals surface area contributed by atoms with Crippen molar-refractivity contribution in [1.82, 2.24) is 0 Å². The number of hydrogen-bond donors (Lipinski definition) is 1. The molecule has 26 heavy (non-hydrogen) atoms. The van der Waals surface area contributed by atoms with Crippen molar-refractivity contribution in [2.45, 2.75) is 86.5 Å². The molecule has 0 spiro atoms. The van der Waals surface area contributed by atoms with Gasteiger partial charge in [0, 0.05) is 18.5 Å². The highest BCUT2D eigenvalue weighted by Crippen LogP contribution is 2.41. The number of benzene rings is 1. The molecular weight excluding hydrogens is 320 g/mol. The summed E-state index contributed by atoms with van der Waals surface area (Å²) in [5.41, 5.74) is 6.21. The number of nitrogens with zero attached hydrogens (tertiary/aromatic N) is 1. The first kappa shape index (κ1) is 20.8. The third-order valence-electron chi connectivity index (χ3n) is 5.49. The molecule has 0 bridgehead atoms. The van der Waals surface area contributed by atoms with Crippen molar-refractivity contribution in [3.8, 4) is 0 Å². The lowest BCUT2D eigenvalue weighted by atomic mass is 9.93. The second-order valence-corrected chi connectivity index (χ2v) is 8.61. The van der Waals surface area contributed by atoms with Gasteiger partial charge in [-0.2, -0.15) is 0 Å². The summed E-state index contributed by atoms with van der Waals surface area (Å²) in [6.45, 7) is 14.8. The first-order valence-corrected chi connectivity index (χ1v) is 10.6. The minimum Gasteiger partial charge on any atom is -0.369 e. The van der Waals surface area contributed by atoms with E-state index in [-0.39, 0.29) is 11.3 Å². The molecule has 1 aromatic carbocycles. The van der Waals surface area contributed by atoms with Crippen LogP contribution in [0.3, 0.4) is 0 Å². The van der Waals surface area contributed by atoms with E-state index in [0.29, 0.717) is 0 Å². The zero-order valence-electron chi connectivity index (χ0n) is 17.8. The number of fused-ring (bicyclic) bond motifs is 1. The van der Waals surface area contributed by atoms with Crippen molar-refractivity contribution in [2.75, 3.05) is 23.3 Å². The molecule has 0 aliphatic carbocycles. The number of carbonyl (C=O) groups excluding carboxylic acids is 1. The third-order valence-corrected chi connectivity index (χ3v) is 5.49. The molecule has 0 aromatic heterocycles. The van der Waals surface area contributed by atoms with Gasteiger partial charge in [0.2, 0.25) is 5.91 Å². The van der Waals surface area contributed by atoms with Crippen LogP contribution in [-0.2, 0) is 24.1 Å². The Bertz CT molecular complexity index is 628. The van der Waals surface area contributed by atoms with Crippen molar-refractivity contribution in [1.29, 1.82) is 0 Å². The van der Waals surface area contributed by atoms with Gasteiger partial charge in [0.1, 0.15) is 0 Å². The van der Waals surface area contributed by atoms with Crippen molar-refractivity contribution in [2.24, 2.45) is 5.41 Å². The minimum absolute atomic E-state index is 0.108. The molecule has 0 saturated carbocycles. The molecule has 1 N–H and O–H groups in total. The van der Waals surface area contributed by atoms with Crippen molar-refractivity contribution in [3.63, 3.8) is 0 Å². The third kappa shape index (κ3) is 4.61. The Morgan fingerprint density at radius 2 is 1.77 bits per heavy atom. The van der Waals surface area contributed by atoms with Crippen LogP contribution < -0.4 is 10.2 Å². The van der Waals surface area contributed by atoms with Crippen LogP contribution in [0.2, 0.25) is 0 Å². The predicted octanol–water partition coefficient (Wildman–Crippen LogP) is 5.74. The Balaban J connectivity index is 2.39. The summed E-state index contributed by atoms with van der Waals surface area (Å²) in [5, 5.41) is 3.30. The Labute approximate surface area is 160 Å². The number of hydrogen-bond acceptors (Lipinski definition) is 2. The lowest BCUT2D eigenvalue weighted by molar-refractivity contribution is -0.123. The highest BCUT2D eigenvalue weighted by atomic mass is 16.2. The fourth-order valence-electron chi connectivity index (χ4n) is 3.80. The van der Waals surface area contributed by atoms with Gasteiger partial charge in [-0.3, -0.25) is 4.79 Å². The summed E-state index contributed by atoms with van der Waals surface area (Å²) in [6, 6.07) is 2.33. The molecule has 2 rings (SSSR count). The number of rotatable bonds is 8. The van der Waals surface area contributed by atoms with Crippen LogP contribution in [-0.4, -0.2) is 19.0 Å². The zero-order chi connectivity index (χ0) is 19.3. The summed E-state index contributed by atoms with van der Waals surface area (Å²) < 4.78 is 0. The molecule has 0 atom stereocenters. The second kappa shape index (κ2) is 8.92. The standard InChI is InChI=1S/C23H38N2O/c1-7-10-11-12-14-25-15-13-19-17(8-2)16-18(9-3)20(21(19)25)24-22(26)23(4,5)6/h16H,7-15H2,1-6H3,(H,24,26). The Morgan fingerprint density at radius 3 is 2.35 bits per heavy atom. The molecule has 0 unspecified atom stereocenters. The lowest BCUT2D eigenvalue weighted by Gasteiger charge is -2.27. The average molecular weight is 359 g/mol. The fourth-order valence-corrected chi connectivity index (χ4v) is 3.80. The highest BCUT2D eigenvalue weighted by Gasteiger charge is 2.29. The van der Waals surface area contributed by atoms with Gasteiger partial charge in [0.15, 0.2) is 0 Å². The monoisotopic (exact) mass is 358 g/mol. The van der Waals surface area contributed by atoms with E-state index in [1.165, 1.54) is 48.1 Å². The molecule has 3 nitrogen and oxygen atoms in total. The fraction of sp³-hybridized carbons (Fsp3) is 0.696. The van der Waals surface area contributed by atoms with E-state index in [0.717, 1.165) is 38.0 Å². The normalized spacial score (nSPS) is 13.8. The average Bonchev–Trinajstić information content (AvgIpc) is 3.02. The first-order chi connectivity index (χ1) is 12.3. The molecule has 0 radical (unpaired) electrons. The molecular formula is C23H38N2O. The van der Waals surface area contributed by atoms with Crippen LogP contribution in [0.15, 0.2) is 6.07 Å². The number of nitrogens with one attached hydrogen (secondary N) is 1. The van der Waals surface area contributed by atoms with Crippen molar-refractivity contribution in [3.05, 3.63) is 22.8 Å². The zero-order valence-corrected chi connectivity index (χ0v) is 17.8. The van der Waals surface area contributed by atoms with E-state index in [4.69, 9.17) is 0 Å². The van der Waals surface area contributed by atoms with Crippen LogP contribution in [0.5, 0.6) is 0 Å². The first-order valence-electron chi connectivity index (χ1n) is 10.6. The molecule has 1 aliphatic rings. The van der Waals surface area contributed by atoms with Crippen LogP contribution >= 0.6 is 0 Å². The number of amides is 1. The maximum absolute atomic E-state index is 12.7. The largest absolute Gasteiger partial charge is 0.369 e. The summed E-state index contributed by atoms with van der Waals surface area (Å²) in [5.74, 6) is 0.108. The molecule has 0 saturated heterocycles. The topological polar surface area (TPSA) is 32.3 Å². The van der Waals surface area contributed by atoms with E-state index in [1.54, 1.807) is 0 Å². The van der Waals surface area contributed by atoms with Gasteiger partial charge >= 0.3 is 0 Å². The Morgan fingerprint density at radius 1 is 1.08 bits per heavy atom. The summed E-state index contributed by atoms with van der Waals surface area (Å²) >= 11 is 0. The molecule has 3 heteroatoms. The maximum Gasteiger partial charge on any atom is 0.229 e. The smallest absolute Gasteiger partial charge is 0.229 e. The number of aryl methyl sites for hydroxylation is 2. The molecule has 1 amide bonds. The van der Waals surface area contributed by atoms with Gasteiger partial charge in [0.05, 0.1) is 11.4 Å². The Hall–Kier alpha value is -1.51. The van der Waals surface area contributed by atoms with E-state index >= 15 is 0 Å². The summed E-state index contributed by atoms with van der Waals surface area (Å²) in [7, 11) is 0. The van der Waals surface area contributed by atoms with Crippen molar-refractivity contribution < 1.29 is 4.79 Å². The summed E-state index contributed by atoms with van der Waals surface area (Å²) in [4.78, 5) is 15.3. The van der Waals surface area contributed by atoms with Crippen LogP contribution in [0.25, 0.3) is 0 Å². The molecule has 1 aliphatic heterocycles. The van der Waals surface area contributed by atoms with Gasteiger partial charge in [-0.15, -0.1) is 0 Å². The van der Waals surface area contributed by atoms with Gasteiger partial charge in [-0.25, -0.2) is 0 Å². The predicted molar refractivity (Wildman–Crippen MR) is 113 cm³/mol. The number of anilines is 2. The number of carbonyl (C=O) groups is 1. The second-order valence-electron chi connectivity index (χ2n) is 8.61. The maximum atomic E-state index is 12.7. The van der Waals surface area contributed by atoms with Crippen molar-refractivity contribution >= 4 is 17.3 Å². The lowest BCUT2D eigenvalue weighted by Crippen LogP contribution is -2.30. The van der Waals surface area contributed by atoms with Gasteiger partial charge in [-0.1, -0.05) is 66.9 Å². The molecule has 146 valence electrons. The van der Waals surface area contributed by atoms with E-state index < -0.39 is 0 Å². The van der Waals surface area contributed by atoms with Crippen LogP contribution in [0, 0.1) is 5.41 Å². The summed E-state index contributed by atoms with van der Waals surface area (Å²) in [6.07, 6.45) is 8.22. The van der Waals surface area contributed by atoms with E-state index in [2.05, 4.69) is 37.1 Å². The van der Waals surface area contributed by atoms with Crippen LogP contribution in [0.4, 0.5) is 11.4 Å². The van der Waals surface area contributed by atoms with Gasteiger partial charge in [0.25, 0.3) is 0 Å². The van der Waals surface area contributed by atoms with E-state index in [9.17, 15) is 4.79 Å². The number of unbranched alkanes of at least 4 members (excludes halogenated alkanes) is 3. The van der Waals surface area contributed by atoms with E-state index in [1.807, 2.05) is 20.8 Å². The Kier molecular flexibility index (Phi) is 7.14. The quantitative estimate of drug-likeness (QED) is 0.601. The van der Waals surface area contributed by atoms with Crippen LogP contribution in [0.1, 0.15) is 83.9 Å². The van der Waals surface area contributed by atoms with Gasteiger partial charge < -0.3 is 10.2 Å².